The molecule has 1 aromatic carbocycles. The molecule has 0 fully saturated rings. The summed E-state index contributed by atoms with van der Waals surface area (Å²) in [6, 6.07) is 11.6. The predicted molar refractivity (Wildman–Crippen MR) is 107 cm³/mol. The van der Waals surface area contributed by atoms with Crippen LogP contribution in [0.4, 0.5) is 5.69 Å². The predicted octanol–water partition coefficient (Wildman–Crippen LogP) is 3.83. The fourth-order valence-corrected chi connectivity index (χ4v) is 3.09. The van der Waals surface area contributed by atoms with Crippen LogP contribution in [0, 0.1) is 11.3 Å². The molecule has 2 aromatic rings. The fourth-order valence-electron chi connectivity index (χ4n) is 3.09. The molecule has 1 heterocycles. The Bertz CT molecular complexity index is 926. The van der Waals surface area contributed by atoms with Crippen LogP contribution in [0.1, 0.15) is 58.5 Å². The molecule has 2 amide bonds. The number of anilines is 1. The summed E-state index contributed by atoms with van der Waals surface area (Å²) in [4.78, 5) is 28.8. The summed E-state index contributed by atoms with van der Waals surface area (Å²) in [6.07, 6.45) is 9.31. The molecule has 0 saturated heterocycles. The highest BCUT2D eigenvalue weighted by Crippen LogP contribution is 2.19. The van der Waals surface area contributed by atoms with Crippen LogP contribution in [0.25, 0.3) is 0 Å². The maximum Gasteiger partial charge on any atom is 0.274 e. The molecule has 0 radical (unpaired) electrons. The van der Waals surface area contributed by atoms with E-state index in [2.05, 4.69) is 21.7 Å². The largest absolute Gasteiger partial charge is 0.352 e. The van der Waals surface area contributed by atoms with E-state index in [1.165, 1.54) is 30.7 Å². The van der Waals surface area contributed by atoms with Gasteiger partial charge in [0.2, 0.25) is 0 Å². The normalized spacial score (nSPS) is 13.2. The molecule has 1 aliphatic carbocycles. The van der Waals surface area contributed by atoms with E-state index in [9.17, 15) is 9.59 Å². The van der Waals surface area contributed by atoms with Gasteiger partial charge in [0, 0.05) is 24.0 Å². The molecule has 6 heteroatoms. The summed E-state index contributed by atoms with van der Waals surface area (Å²) in [5.41, 5.74) is 3.04. The van der Waals surface area contributed by atoms with Crippen LogP contribution in [0.5, 0.6) is 0 Å². The summed E-state index contributed by atoms with van der Waals surface area (Å²) in [5, 5.41) is 14.4. The molecule has 2 N–H and O–H groups in total. The molecule has 0 bridgehead atoms. The molecule has 28 heavy (non-hydrogen) atoms. The Hall–Kier alpha value is -3.46. The van der Waals surface area contributed by atoms with Gasteiger partial charge in [-0.3, -0.25) is 14.6 Å². The molecule has 0 atom stereocenters. The number of nitrogens with zero attached hydrogens (tertiary/aromatic N) is 2. The van der Waals surface area contributed by atoms with Crippen molar-refractivity contribution >= 4 is 17.5 Å². The van der Waals surface area contributed by atoms with Gasteiger partial charge in [-0.15, -0.1) is 0 Å². The molecule has 1 aromatic heterocycles. The minimum Gasteiger partial charge on any atom is -0.352 e. The van der Waals surface area contributed by atoms with Gasteiger partial charge in [0.1, 0.15) is 5.69 Å². The summed E-state index contributed by atoms with van der Waals surface area (Å²) in [5.74, 6) is -0.627. The van der Waals surface area contributed by atoms with E-state index in [4.69, 9.17) is 5.26 Å². The zero-order valence-electron chi connectivity index (χ0n) is 15.6. The number of nitriles is 1. The first-order valence-corrected chi connectivity index (χ1v) is 9.39. The number of amides is 2. The van der Waals surface area contributed by atoms with Gasteiger partial charge >= 0.3 is 0 Å². The van der Waals surface area contributed by atoms with Gasteiger partial charge < -0.3 is 10.6 Å². The van der Waals surface area contributed by atoms with E-state index in [1.54, 1.807) is 30.3 Å². The maximum absolute atomic E-state index is 12.4. The van der Waals surface area contributed by atoms with Crippen LogP contribution in [0.3, 0.4) is 0 Å². The third kappa shape index (κ3) is 5.27. The van der Waals surface area contributed by atoms with E-state index >= 15 is 0 Å². The first kappa shape index (κ1) is 19.3. The Morgan fingerprint density at radius 3 is 2.64 bits per heavy atom. The lowest BCUT2D eigenvalue weighted by Gasteiger charge is -2.13. The molecule has 142 valence electrons. The Morgan fingerprint density at radius 1 is 1.11 bits per heavy atom. The van der Waals surface area contributed by atoms with Crippen LogP contribution in [-0.2, 0) is 0 Å². The summed E-state index contributed by atoms with van der Waals surface area (Å²) in [6.45, 7) is 0.583. The van der Waals surface area contributed by atoms with E-state index in [-0.39, 0.29) is 11.6 Å². The second kappa shape index (κ2) is 9.47. The van der Waals surface area contributed by atoms with Gasteiger partial charge in [0.05, 0.1) is 11.6 Å². The molecule has 1 aliphatic rings. The smallest absolute Gasteiger partial charge is 0.274 e. The van der Waals surface area contributed by atoms with Crippen molar-refractivity contribution in [3.8, 4) is 6.07 Å². The molecular formula is C22H22N4O2. The molecule has 0 unspecified atom stereocenters. The van der Waals surface area contributed by atoms with Crippen LogP contribution in [-0.4, -0.2) is 23.3 Å². The molecular weight excluding hydrogens is 352 g/mol. The van der Waals surface area contributed by atoms with Crippen molar-refractivity contribution in [3.63, 3.8) is 0 Å². The number of hydrogen-bond donors (Lipinski definition) is 2. The quantitative estimate of drug-likeness (QED) is 0.751. The first-order chi connectivity index (χ1) is 13.7. The average Bonchev–Trinajstić information content (AvgIpc) is 2.75. The lowest BCUT2D eigenvalue weighted by atomic mass is 9.97. The highest BCUT2D eigenvalue weighted by Gasteiger charge is 2.12. The highest BCUT2D eigenvalue weighted by molar-refractivity contribution is 6.04. The van der Waals surface area contributed by atoms with Crippen molar-refractivity contribution in [1.82, 2.24) is 10.3 Å². The minimum atomic E-state index is -0.410. The number of pyridine rings is 1. The van der Waals surface area contributed by atoms with Crippen molar-refractivity contribution in [3.05, 3.63) is 71.1 Å². The molecule has 0 spiro atoms. The molecule has 0 saturated carbocycles. The van der Waals surface area contributed by atoms with Gasteiger partial charge in [-0.1, -0.05) is 11.6 Å². The Balaban J connectivity index is 1.57. The Labute approximate surface area is 164 Å². The third-order valence-corrected chi connectivity index (χ3v) is 4.64. The summed E-state index contributed by atoms with van der Waals surface area (Å²) < 4.78 is 0. The fraction of sp³-hybridized carbons (Fsp3) is 0.273. The SMILES string of the molecule is N#Cc1ccc(NC(=O)c2cc(C(=O)NCCC3=CCCCC3)ccn2)cc1. The van der Waals surface area contributed by atoms with E-state index in [0.29, 0.717) is 23.4 Å². The van der Waals surface area contributed by atoms with Crippen molar-refractivity contribution in [2.24, 2.45) is 0 Å². The van der Waals surface area contributed by atoms with Gasteiger partial charge in [0.25, 0.3) is 11.8 Å². The van der Waals surface area contributed by atoms with Crippen molar-refractivity contribution < 1.29 is 9.59 Å². The van der Waals surface area contributed by atoms with E-state index < -0.39 is 5.91 Å². The zero-order valence-corrected chi connectivity index (χ0v) is 15.6. The van der Waals surface area contributed by atoms with Crippen LogP contribution < -0.4 is 10.6 Å². The Morgan fingerprint density at radius 2 is 1.93 bits per heavy atom. The standard InChI is InChI=1S/C22H22N4O2/c23-15-17-6-8-19(9-7-17)26-22(28)20-14-18(11-13-24-20)21(27)25-12-10-16-4-2-1-3-5-16/h4,6-9,11,13-14H,1-3,5,10,12H2,(H,25,27)(H,26,28). The van der Waals surface area contributed by atoms with Gasteiger partial charge in [-0.2, -0.15) is 5.26 Å². The second-order valence-corrected chi connectivity index (χ2v) is 6.69. The van der Waals surface area contributed by atoms with Gasteiger partial charge in [-0.25, -0.2) is 0 Å². The topological polar surface area (TPSA) is 94.9 Å². The Kier molecular flexibility index (Phi) is 6.53. The number of hydrogen-bond acceptors (Lipinski definition) is 4. The number of carbonyl (C=O) groups excluding carboxylic acids is 2. The highest BCUT2D eigenvalue weighted by atomic mass is 16.2. The second-order valence-electron chi connectivity index (χ2n) is 6.69. The number of aromatic nitrogens is 1. The van der Waals surface area contributed by atoms with Crippen molar-refractivity contribution in [2.45, 2.75) is 32.1 Å². The number of allylic oxidation sites excluding steroid dienone is 1. The van der Waals surface area contributed by atoms with E-state index in [0.717, 1.165) is 19.3 Å². The number of rotatable bonds is 6. The van der Waals surface area contributed by atoms with Crippen molar-refractivity contribution in [2.75, 3.05) is 11.9 Å². The maximum atomic E-state index is 12.4. The monoisotopic (exact) mass is 374 g/mol. The zero-order chi connectivity index (χ0) is 19.8. The van der Waals surface area contributed by atoms with E-state index in [1.807, 2.05) is 6.07 Å². The van der Waals surface area contributed by atoms with Gasteiger partial charge in [0.15, 0.2) is 0 Å². The minimum absolute atomic E-state index is 0.159. The van der Waals surface area contributed by atoms with Crippen LogP contribution >= 0.6 is 0 Å². The third-order valence-electron chi connectivity index (χ3n) is 4.64. The molecule has 6 nitrogen and oxygen atoms in total. The molecule has 3 rings (SSSR count). The summed E-state index contributed by atoms with van der Waals surface area (Å²) in [7, 11) is 0. The van der Waals surface area contributed by atoms with Gasteiger partial charge in [-0.05, 0) is 68.5 Å². The lowest BCUT2D eigenvalue weighted by molar-refractivity contribution is 0.0954. The lowest BCUT2D eigenvalue weighted by Crippen LogP contribution is -2.25. The first-order valence-electron chi connectivity index (χ1n) is 9.39. The van der Waals surface area contributed by atoms with Crippen LogP contribution in [0.2, 0.25) is 0 Å². The van der Waals surface area contributed by atoms with Crippen molar-refractivity contribution in [1.29, 1.82) is 5.26 Å². The molecule has 0 aliphatic heterocycles. The number of carbonyl (C=O) groups is 2. The number of nitrogens with one attached hydrogen (secondary N) is 2. The number of benzene rings is 1. The summed E-state index contributed by atoms with van der Waals surface area (Å²) >= 11 is 0. The average molecular weight is 374 g/mol. The van der Waals surface area contributed by atoms with Crippen LogP contribution in [0.15, 0.2) is 54.2 Å².